The fourth-order valence-corrected chi connectivity index (χ4v) is 5.53. The van der Waals surface area contributed by atoms with Gasteiger partial charge >= 0.3 is 18.1 Å². The van der Waals surface area contributed by atoms with Crippen molar-refractivity contribution in [3.8, 4) is 6.07 Å². The molecule has 16 heteroatoms. The number of ether oxygens (including phenoxy) is 1. The van der Waals surface area contributed by atoms with Crippen molar-refractivity contribution in [2.75, 3.05) is 38.1 Å². The fourth-order valence-electron chi connectivity index (χ4n) is 5.53. The Kier molecular flexibility index (Phi) is 13.5. The molecule has 3 heterocycles. The quantitative estimate of drug-likeness (QED) is 0.215. The summed E-state index contributed by atoms with van der Waals surface area (Å²) in [6, 6.07) is 2.11. The number of likely N-dealkylation sites (tertiary alicyclic amines) is 1. The number of carboxylic acid groups (broad SMARTS) is 1. The van der Waals surface area contributed by atoms with Crippen molar-refractivity contribution in [3.63, 3.8) is 0 Å². The van der Waals surface area contributed by atoms with Crippen molar-refractivity contribution in [1.82, 2.24) is 35.4 Å². The number of carboxylic acids is 1. The lowest BCUT2D eigenvalue weighted by Gasteiger charge is -2.42. The number of carbonyl (C=O) groups is 5. The number of aliphatic carboxylic acids is 1. The number of carbonyl (C=O) groups excluding carboxylic acids is 4. The van der Waals surface area contributed by atoms with Crippen LogP contribution in [0, 0.1) is 17.2 Å². The van der Waals surface area contributed by atoms with Gasteiger partial charge in [-0.05, 0) is 64.9 Å². The standard InChI is InChI=1S/C32H47N9O7/c1-21-12-17-40(26(43)11-14-33)19-24(21)39(5)27-22-13-18-41(28(22)37-20-36-27)30(46)34-16-8-10-25(42)38-23(29(44)45)9-6-7-15-35-31(47)48-32(2,3)4/h13,18,20-21,23-24H,6-12,15-17,19H2,1-5H3,(H,34,46)(H,35,47)(H,38,42)(H,44,45)/t21-,23+,24+/m1/s1. The van der Waals surface area contributed by atoms with Gasteiger partial charge in [-0.1, -0.05) is 6.92 Å². The van der Waals surface area contributed by atoms with Crippen molar-refractivity contribution >= 4 is 46.8 Å². The second-order valence-electron chi connectivity index (χ2n) is 13.0. The highest BCUT2D eigenvalue weighted by Gasteiger charge is 2.33. The number of anilines is 1. The molecule has 16 nitrogen and oxygen atoms in total. The Morgan fingerprint density at radius 1 is 1.15 bits per heavy atom. The summed E-state index contributed by atoms with van der Waals surface area (Å²) in [6.07, 6.45) is 4.54. The maximum Gasteiger partial charge on any atom is 0.407 e. The third kappa shape index (κ3) is 10.8. The first-order valence-corrected chi connectivity index (χ1v) is 16.2. The van der Waals surface area contributed by atoms with Crippen LogP contribution in [0.4, 0.5) is 15.4 Å². The molecular weight excluding hydrogens is 622 g/mol. The Bertz CT molecular complexity index is 1500. The number of alkyl carbamates (subject to hydrolysis) is 1. The van der Waals surface area contributed by atoms with E-state index in [4.69, 9.17) is 10.00 Å². The Labute approximate surface area is 280 Å². The number of hydrogen-bond donors (Lipinski definition) is 4. The molecule has 0 aliphatic carbocycles. The first-order valence-electron chi connectivity index (χ1n) is 16.2. The third-order valence-electron chi connectivity index (χ3n) is 8.09. The van der Waals surface area contributed by atoms with Gasteiger partial charge in [0.1, 0.15) is 30.2 Å². The molecule has 1 aliphatic rings. The zero-order valence-corrected chi connectivity index (χ0v) is 28.3. The molecule has 48 heavy (non-hydrogen) atoms. The molecule has 2 aromatic rings. The molecule has 2 aromatic heterocycles. The second-order valence-corrected chi connectivity index (χ2v) is 13.0. The molecule has 3 rings (SSSR count). The number of rotatable bonds is 14. The van der Waals surface area contributed by atoms with Crippen LogP contribution < -0.4 is 20.9 Å². The zero-order valence-electron chi connectivity index (χ0n) is 28.3. The summed E-state index contributed by atoms with van der Waals surface area (Å²) in [7, 11) is 1.89. The van der Waals surface area contributed by atoms with Gasteiger partial charge in [-0.25, -0.2) is 24.4 Å². The number of nitriles is 1. The molecule has 1 fully saturated rings. The monoisotopic (exact) mass is 669 g/mol. The van der Waals surface area contributed by atoms with Crippen LogP contribution in [0.1, 0.15) is 72.6 Å². The summed E-state index contributed by atoms with van der Waals surface area (Å²) in [5, 5.41) is 27.0. The van der Waals surface area contributed by atoms with Crippen LogP contribution in [0.3, 0.4) is 0 Å². The minimum absolute atomic E-state index is 0.0151. The van der Waals surface area contributed by atoms with E-state index >= 15 is 0 Å². The number of nitrogens with one attached hydrogen (secondary N) is 3. The highest BCUT2D eigenvalue weighted by molar-refractivity contribution is 5.95. The van der Waals surface area contributed by atoms with Gasteiger partial charge in [0, 0.05) is 45.8 Å². The predicted octanol–water partition coefficient (Wildman–Crippen LogP) is 2.62. The second kappa shape index (κ2) is 17.3. The average molecular weight is 670 g/mol. The van der Waals surface area contributed by atoms with E-state index in [0.29, 0.717) is 49.3 Å². The van der Waals surface area contributed by atoms with Gasteiger partial charge in [0.25, 0.3) is 0 Å². The molecule has 1 aliphatic heterocycles. The van der Waals surface area contributed by atoms with Gasteiger partial charge < -0.3 is 35.6 Å². The summed E-state index contributed by atoms with van der Waals surface area (Å²) in [6.45, 7) is 8.93. The molecule has 0 aromatic carbocycles. The van der Waals surface area contributed by atoms with Crippen molar-refractivity contribution < 1.29 is 33.8 Å². The molecule has 0 spiro atoms. The lowest BCUT2D eigenvalue weighted by atomic mass is 9.92. The van der Waals surface area contributed by atoms with E-state index in [0.717, 1.165) is 6.42 Å². The van der Waals surface area contributed by atoms with Crippen LogP contribution >= 0.6 is 0 Å². The van der Waals surface area contributed by atoms with E-state index in [1.54, 1.807) is 37.9 Å². The van der Waals surface area contributed by atoms with Gasteiger partial charge in [-0.2, -0.15) is 5.26 Å². The van der Waals surface area contributed by atoms with Gasteiger partial charge in [0.15, 0.2) is 5.65 Å². The van der Waals surface area contributed by atoms with Gasteiger partial charge in [-0.15, -0.1) is 0 Å². The highest BCUT2D eigenvalue weighted by atomic mass is 16.6. The lowest BCUT2D eigenvalue weighted by molar-refractivity contribution is -0.142. The first-order chi connectivity index (χ1) is 22.7. The Balaban J connectivity index is 1.47. The number of unbranched alkanes of at least 4 members (excludes halogenated alkanes) is 1. The third-order valence-corrected chi connectivity index (χ3v) is 8.09. The molecule has 0 radical (unpaired) electrons. The van der Waals surface area contributed by atoms with Crippen molar-refractivity contribution in [2.45, 2.75) is 90.3 Å². The highest BCUT2D eigenvalue weighted by Crippen LogP contribution is 2.29. The van der Waals surface area contributed by atoms with Crippen LogP contribution in [0.25, 0.3) is 11.0 Å². The number of piperidine rings is 1. The molecular formula is C32H47N9O7. The van der Waals surface area contributed by atoms with Crippen LogP contribution in [-0.2, 0) is 19.1 Å². The van der Waals surface area contributed by atoms with E-state index in [9.17, 15) is 29.1 Å². The molecule has 0 unspecified atom stereocenters. The van der Waals surface area contributed by atoms with Gasteiger partial charge in [0.05, 0.1) is 17.5 Å². The lowest BCUT2D eigenvalue weighted by Crippen LogP contribution is -2.52. The number of nitrogens with zero attached hydrogens (tertiary/aromatic N) is 6. The molecule has 4 amide bonds. The molecule has 3 atom stereocenters. The first kappa shape index (κ1) is 37.5. The van der Waals surface area contributed by atoms with Crippen molar-refractivity contribution in [1.29, 1.82) is 5.26 Å². The van der Waals surface area contributed by atoms with E-state index in [2.05, 4.69) is 32.8 Å². The van der Waals surface area contributed by atoms with Gasteiger partial charge in [0.2, 0.25) is 11.8 Å². The minimum Gasteiger partial charge on any atom is -0.480 e. The summed E-state index contributed by atoms with van der Waals surface area (Å²) < 4.78 is 6.52. The predicted molar refractivity (Wildman–Crippen MR) is 176 cm³/mol. The van der Waals surface area contributed by atoms with E-state index in [-0.39, 0.29) is 50.1 Å². The normalized spacial score (nSPS) is 16.8. The Morgan fingerprint density at radius 2 is 1.88 bits per heavy atom. The zero-order chi connectivity index (χ0) is 35.4. The number of amides is 4. The molecule has 0 bridgehead atoms. The molecule has 262 valence electrons. The van der Waals surface area contributed by atoms with Crippen LogP contribution in [0.5, 0.6) is 0 Å². The molecule has 0 saturated carbocycles. The van der Waals surface area contributed by atoms with Crippen LogP contribution in [-0.4, -0.2) is 105 Å². The van der Waals surface area contributed by atoms with E-state index in [1.165, 1.54) is 10.9 Å². The fraction of sp³-hybridized carbons (Fsp3) is 0.625. The van der Waals surface area contributed by atoms with Crippen LogP contribution in [0.2, 0.25) is 0 Å². The summed E-state index contributed by atoms with van der Waals surface area (Å²) >= 11 is 0. The van der Waals surface area contributed by atoms with E-state index < -0.39 is 35.6 Å². The maximum absolute atomic E-state index is 13.0. The Hall–Kier alpha value is -4.94. The number of fused-ring (bicyclic) bond motifs is 1. The topological polar surface area (TPSA) is 212 Å². The largest absolute Gasteiger partial charge is 0.480 e. The molecule has 4 N–H and O–H groups in total. The Morgan fingerprint density at radius 3 is 2.56 bits per heavy atom. The minimum atomic E-state index is -1.15. The molecule has 1 saturated heterocycles. The number of aromatic nitrogens is 3. The summed E-state index contributed by atoms with van der Waals surface area (Å²) in [5.41, 5.74) is -0.213. The van der Waals surface area contributed by atoms with E-state index in [1.807, 2.05) is 18.0 Å². The van der Waals surface area contributed by atoms with Gasteiger partial charge in [-0.3, -0.25) is 14.2 Å². The number of hydrogen-bond acceptors (Lipinski definition) is 10. The van der Waals surface area contributed by atoms with Crippen molar-refractivity contribution in [3.05, 3.63) is 18.6 Å². The van der Waals surface area contributed by atoms with Crippen molar-refractivity contribution in [2.24, 2.45) is 5.92 Å². The smallest absolute Gasteiger partial charge is 0.407 e. The summed E-state index contributed by atoms with van der Waals surface area (Å²) in [5.74, 6) is -0.917. The maximum atomic E-state index is 13.0. The summed E-state index contributed by atoms with van der Waals surface area (Å²) in [4.78, 5) is 73.7. The van der Waals surface area contributed by atoms with Crippen LogP contribution in [0.15, 0.2) is 18.6 Å². The average Bonchev–Trinajstić information content (AvgIpc) is 3.46. The SMILES string of the molecule is C[C@@H]1CCN(C(=O)CC#N)C[C@@H]1N(C)c1ncnc2c1ccn2C(=O)NCCCC(=O)N[C@@H](CCCCNC(=O)OC(C)(C)C)C(=O)O. The number of likely N-dealkylation sites (N-methyl/N-ethyl adjacent to an activating group) is 1.